The summed E-state index contributed by atoms with van der Waals surface area (Å²) in [6.45, 7) is 8.57. The maximum atomic E-state index is 5.52. The molecule has 0 unspecified atom stereocenters. The number of nitrogens with zero attached hydrogens (tertiary/aromatic N) is 1. The third-order valence-electron chi connectivity index (χ3n) is 2.10. The number of hydrogen-bond acceptors (Lipinski definition) is 3. The van der Waals surface area contributed by atoms with Gasteiger partial charge in [0.05, 0.1) is 11.9 Å². The summed E-state index contributed by atoms with van der Waals surface area (Å²) < 4.78 is 5.52. The topological polar surface area (TPSA) is 34.1 Å². The van der Waals surface area contributed by atoms with E-state index in [0.29, 0.717) is 6.61 Å². The van der Waals surface area contributed by atoms with Crippen LogP contribution in [-0.2, 0) is 6.54 Å². The molecule has 0 bridgehead atoms. The predicted molar refractivity (Wildman–Crippen MR) is 66.5 cm³/mol. The van der Waals surface area contributed by atoms with E-state index in [0.717, 1.165) is 24.5 Å². The number of aromatic nitrogens is 1. The van der Waals surface area contributed by atoms with Crippen molar-refractivity contribution in [2.75, 3.05) is 13.2 Å². The molecule has 1 heterocycles. The third kappa shape index (κ3) is 4.94. The molecule has 0 fully saturated rings. The lowest BCUT2D eigenvalue weighted by atomic mass is 10.3. The summed E-state index contributed by atoms with van der Waals surface area (Å²) in [5.74, 6) is 0.817. The molecule has 0 radical (unpaired) electrons. The van der Waals surface area contributed by atoms with Gasteiger partial charge in [-0.25, -0.2) is 0 Å². The largest absolute Gasteiger partial charge is 0.488 e. The van der Waals surface area contributed by atoms with Gasteiger partial charge in [-0.3, -0.25) is 4.98 Å². The quantitative estimate of drug-likeness (QED) is 0.748. The SMILES string of the molecule is CCNCc1ccc(OCC=C(C)C)cn1. The molecule has 0 saturated heterocycles. The highest BCUT2D eigenvalue weighted by atomic mass is 16.5. The monoisotopic (exact) mass is 220 g/mol. The van der Waals surface area contributed by atoms with E-state index in [4.69, 9.17) is 4.74 Å². The van der Waals surface area contributed by atoms with Crippen molar-refractivity contribution in [1.29, 1.82) is 0 Å². The molecule has 0 atom stereocenters. The Bertz CT molecular complexity index is 326. The first-order chi connectivity index (χ1) is 7.72. The van der Waals surface area contributed by atoms with Gasteiger partial charge in [0.15, 0.2) is 0 Å². The average Bonchev–Trinajstić information content (AvgIpc) is 2.27. The van der Waals surface area contributed by atoms with Crippen LogP contribution in [0.5, 0.6) is 5.75 Å². The van der Waals surface area contributed by atoms with Crippen LogP contribution in [0.25, 0.3) is 0 Å². The van der Waals surface area contributed by atoms with Crippen LogP contribution in [0.2, 0.25) is 0 Å². The van der Waals surface area contributed by atoms with Gasteiger partial charge in [0, 0.05) is 6.54 Å². The molecule has 0 spiro atoms. The Morgan fingerprint density at radius 3 is 2.81 bits per heavy atom. The molecule has 1 rings (SSSR count). The van der Waals surface area contributed by atoms with Crippen molar-refractivity contribution in [1.82, 2.24) is 10.3 Å². The van der Waals surface area contributed by atoms with Crippen LogP contribution in [0.3, 0.4) is 0 Å². The molecule has 1 aromatic heterocycles. The second-order valence-corrected chi connectivity index (χ2v) is 3.86. The van der Waals surface area contributed by atoms with Gasteiger partial charge >= 0.3 is 0 Å². The van der Waals surface area contributed by atoms with Crippen molar-refractivity contribution >= 4 is 0 Å². The molecular weight excluding hydrogens is 200 g/mol. The number of pyridine rings is 1. The number of ether oxygens (including phenoxy) is 1. The van der Waals surface area contributed by atoms with E-state index in [1.165, 1.54) is 5.57 Å². The van der Waals surface area contributed by atoms with E-state index in [2.05, 4.69) is 31.1 Å². The summed E-state index contributed by atoms with van der Waals surface area (Å²) in [4.78, 5) is 4.31. The van der Waals surface area contributed by atoms with Crippen LogP contribution in [0.4, 0.5) is 0 Å². The zero-order chi connectivity index (χ0) is 11.8. The molecule has 0 aliphatic heterocycles. The van der Waals surface area contributed by atoms with Crippen LogP contribution in [0.1, 0.15) is 26.5 Å². The van der Waals surface area contributed by atoms with Crippen LogP contribution >= 0.6 is 0 Å². The van der Waals surface area contributed by atoms with Gasteiger partial charge in [0.1, 0.15) is 12.4 Å². The van der Waals surface area contributed by atoms with Crippen molar-refractivity contribution in [3.8, 4) is 5.75 Å². The number of hydrogen-bond donors (Lipinski definition) is 1. The first kappa shape index (κ1) is 12.7. The first-order valence-corrected chi connectivity index (χ1v) is 5.64. The highest BCUT2D eigenvalue weighted by Crippen LogP contribution is 2.09. The third-order valence-corrected chi connectivity index (χ3v) is 2.10. The normalized spacial score (nSPS) is 9.94. The van der Waals surface area contributed by atoms with Crippen LogP contribution in [-0.4, -0.2) is 18.1 Å². The maximum Gasteiger partial charge on any atom is 0.138 e. The Kier molecular flexibility index (Phi) is 5.57. The molecule has 3 nitrogen and oxygen atoms in total. The van der Waals surface area contributed by atoms with Gasteiger partial charge < -0.3 is 10.1 Å². The molecule has 0 saturated carbocycles. The Balaban J connectivity index is 2.42. The Labute approximate surface area is 97.5 Å². The summed E-state index contributed by atoms with van der Waals surface area (Å²) in [6.07, 6.45) is 3.82. The van der Waals surface area contributed by atoms with Gasteiger partial charge in [-0.2, -0.15) is 0 Å². The van der Waals surface area contributed by atoms with Crippen molar-refractivity contribution in [3.63, 3.8) is 0 Å². The molecule has 88 valence electrons. The standard InChI is InChI=1S/C13H20N2O/c1-4-14-9-12-5-6-13(10-15-12)16-8-7-11(2)3/h5-7,10,14H,4,8-9H2,1-3H3. The van der Waals surface area contributed by atoms with E-state index < -0.39 is 0 Å². The molecule has 0 amide bonds. The zero-order valence-corrected chi connectivity index (χ0v) is 10.3. The minimum absolute atomic E-state index is 0.608. The lowest BCUT2D eigenvalue weighted by Crippen LogP contribution is -2.12. The van der Waals surface area contributed by atoms with Gasteiger partial charge in [-0.05, 0) is 38.6 Å². The molecule has 16 heavy (non-hydrogen) atoms. The second-order valence-electron chi connectivity index (χ2n) is 3.86. The van der Waals surface area contributed by atoms with Gasteiger partial charge in [-0.1, -0.05) is 12.5 Å². The Hall–Kier alpha value is -1.35. The van der Waals surface area contributed by atoms with E-state index in [1.54, 1.807) is 6.20 Å². The van der Waals surface area contributed by atoms with Crippen molar-refractivity contribution < 1.29 is 4.74 Å². The second kappa shape index (κ2) is 7.01. The van der Waals surface area contributed by atoms with Crippen LogP contribution < -0.4 is 10.1 Å². The lowest BCUT2D eigenvalue weighted by molar-refractivity contribution is 0.360. The lowest BCUT2D eigenvalue weighted by Gasteiger charge is -2.05. The van der Waals surface area contributed by atoms with Crippen molar-refractivity contribution in [2.24, 2.45) is 0 Å². The van der Waals surface area contributed by atoms with E-state index in [9.17, 15) is 0 Å². The van der Waals surface area contributed by atoms with Crippen LogP contribution in [0.15, 0.2) is 30.0 Å². The smallest absolute Gasteiger partial charge is 0.138 e. The molecule has 0 aromatic carbocycles. The Morgan fingerprint density at radius 2 is 2.25 bits per heavy atom. The molecule has 1 N–H and O–H groups in total. The first-order valence-electron chi connectivity index (χ1n) is 5.64. The molecule has 0 aliphatic carbocycles. The summed E-state index contributed by atoms with van der Waals surface area (Å²) in [5, 5.41) is 3.23. The minimum Gasteiger partial charge on any atom is -0.488 e. The van der Waals surface area contributed by atoms with Gasteiger partial charge in [-0.15, -0.1) is 0 Å². The fourth-order valence-electron chi connectivity index (χ4n) is 1.16. The molecule has 1 aromatic rings. The van der Waals surface area contributed by atoms with Gasteiger partial charge in [0.2, 0.25) is 0 Å². The fraction of sp³-hybridized carbons (Fsp3) is 0.462. The summed E-state index contributed by atoms with van der Waals surface area (Å²) in [5.41, 5.74) is 2.30. The van der Waals surface area contributed by atoms with Crippen molar-refractivity contribution in [3.05, 3.63) is 35.7 Å². The van der Waals surface area contributed by atoms with Crippen molar-refractivity contribution in [2.45, 2.75) is 27.3 Å². The summed E-state index contributed by atoms with van der Waals surface area (Å²) in [7, 11) is 0. The maximum absolute atomic E-state index is 5.52. The number of allylic oxidation sites excluding steroid dienone is 1. The highest BCUT2D eigenvalue weighted by Gasteiger charge is 1.95. The summed E-state index contributed by atoms with van der Waals surface area (Å²) in [6, 6.07) is 3.94. The zero-order valence-electron chi connectivity index (χ0n) is 10.3. The summed E-state index contributed by atoms with van der Waals surface area (Å²) >= 11 is 0. The molecule has 3 heteroatoms. The highest BCUT2D eigenvalue weighted by molar-refractivity contribution is 5.20. The molecule has 0 aliphatic rings. The number of rotatable bonds is 6. The Morgan fingerprint density at radius 1 is 1.44 bits per heavy atom. The van der Waals surface area contributed by atoms with Crippen LogP contribution in [0, 0.1) is 0 Å². The number of nitrogens with one attached hydrogen (secondary N) is 1. The molecular formula is C13H20N2O. The average molecular weight is 220 g/mol. The van der Waals surface area contributed by atoms with E-state index in [1.807, 2.05) is 18.2 Å². The fourth-order valence-corrected chi connectivity index (χ4v) is 1.16. The van der Waals surface area contributed by atoms with E-state index >= 15 is 0 Å². The predicted octanol–water partition coefficient (Wildman–Crippen LogP) is 2.54. The van der Waals surface area contributed by atoms with Gasteiger partial charge in [0.25, 0.3) is 0 Å². The van der Waals surface area contributed by atoms with E-state index in [-0.39, 0.29) is 0 Å². The minimum atomic E-state index is 0.608.